The lowest BCUT2D eigenvalue weighted by Gasteiger charge is -2.15. The van der Waals surface area contributed by atoms with Crippen LogP contribution in [0.4, 0.5) is 0 Å². The van der Waals surface area contributed by atoms with E-state index in [9.17, 15) is 9.59 Å². The van der Waals surface area contributed by atoms with Gasteiger partial charge >= 0.3 is 5.97 Å². The number of para-hydroxylation sites is 1. The first-order chi connectivity index (χ1) is 10.7. The summed E-state index contributed by atoms with van der Waals surface area (Å²) < 4.78 is 4.66. The molecule has 0 aliphatic rings. The average Bonchev–Trinajstić information content (AvgIpc) is 2.57. The Bertz CT molecular complexity index is 731. The maximum Gasteiger partial charge on any atom is 0.328 e. The molecule has 0 saturated heterocycles. The van der Waals surface area contributed by atoms with Crippen LogP contribution in [0.15, 0.2) is 36.5 Å². The molecule has 0 bridgehead atoms. The molecule has 112 valence electrons. The summed E-state index contributed by atoms with van der Waals surface area (Å²) in [4.78, 5) is 28.3. The molecule has 2 aromatic rings. The van der Waals surface area contributed by atoms with Crippen molar-refractivity contribution < 1.29 is 14.3 Å². The van der Waals surface area contributed by atoms with Crippen LogP contribution in [0.5, 0.6) is 0 Å². The Hall–Kier alpha value is -2.94. The molecule has 0 fully saturated rings. The maximum atomic E-state index is 12.4. The van der Waals surface area contributed by atoms with Gasteiger partial charge in [0.1, 0.15) is 6.04 Å². The molecular weight excluding hydrogens is 282 g/mol. The standard InChI is InChI=1S/C16H15N3O3/c1-22-16(21)14(7-4-9-17)19-15(20)12-8-10-18-13-6-3-2-5-11(12)13/h2-3,5-6,8,10,14H,4,7H2,1H3,(H,19,20)/t14-/m0/s1. The molecule has 0 aliphatic carbocycles. The van der Waals surface area contributed by atoms with Crippen molar-refractivity contribution >= 4 is 22.8 Å². The van der Waals surface area contributed by atoms with Gasteiger partial charge in [0.25, 0.3) is 5.91 Å². The number of carbonyl (C=O) groups is 2. The van der Waals surface area contributed by atoms with Crippen molar-refractivity contribution in [2.45, 2.75) is 18.9 Å². The summed E-state index contributed by atoms with van der Waals surface area (Å²) >= 11 is 0. The fourth-order valence-corrected chi connectivity index (χ4v) is 2.13. The number of rotatable bonds is 5. The summed E-state index contributed by atoms with van der Waals surface area (Å²) in [5.74, 6) is -0.964. The van der Waals surface area contributed by atoms with Gasteiger partial charge in [-0.15, -0.1) is 0 Å². The Balaban J connectivity index is 2.25. The minimum absolute atomic E-state index is 0.150. The summed E-state index contributed by atoms with van der Waals surface area (Å²) in [5.41, 5.74) is 1.12. The topological polar surface area (TPSA) is 92.1 Å². The second-order valence-electron chi connectivity index (χ2n) is 4.62. The van der Waals surface area contributed by atoms with Gasteiger partial charge in [-0.05, 0) is 18.6 Å². The van der Waals surface area contributed by atoms with E-state index in [0.29, 0.717) is 16.5 Å². The zero-order chi connectivity index (χ0) is 15.9. The van der Waals surface area contributed by atoms with Gasteiger partial charge in [-0.25, -0.2) is 4.79 Å². The van der Waals surface area contributed by atoms with E-state index in [1.54, 1.807) is 24.4 Å². The molecule has 0 aliphatic heterocycles. The van der Waals surface area contributed by atoms with Crippen LogP contribution in [0, 0.1) is 11.3 Å². The van der Waals surface area contributed by atoms with Crippen LogP contribution in [-0.2, 0) is 9.53 Å². The van der Waals surface area contributed by atoms with Crippen LogP contribution >= 0.6 is 0 Å². The van der Waals surface area contributed by atoms with Crippen LogP contribution in [0.1, 0.15) is 23.2 Å². The molecule has 1 aromatic heterocycles. The fourth-order valence-electron chi connectivity index (χ4n) is 2.13. The fraction of sp³-hybridized carbons (Fsp3) is 0.250. The monoisotopic (exact) mass is 297 g/mol. The number of nitriles is 1. The number of nitrogens with zero attached hydrogens (tertiary/aromatic N) is 2. The minimum Gasteiger partial charge on any atom is -0.467 e. The third kappa shape index (κ3) is 3.38. The molecule has 6 nitrogen and oxygen atoms in total. The van der Waals surface area contributed by atoms with Gasteiger partial charge in [-0.1, -0.05) is 18.2 Å². The second kappa shape index (κ2) is 7.18. The van der Waals surface area contributed by atoms with Crippen molar-refractivity contribution in [2.75, 3.05) is 7.11 Å². The predicted molar refractivity (Wildman–Crippen MR) is 79.9 cm³/mol. The van der Waals surface area contributed by atoms with Gasteiger partial charge in [0.15, 0.2) is 0 Å². The predicted octanol–water partition coefficient (Wildman–Crippen LogP) is 1.81. The second-order valence-corrected chi connectivity index (χ2v) is 4.62. The first-order valence-corrected chi connectivity index (χ1v) is 6.76. The van der Waals surface area contributed by atoms with E-state index >= 15 is 0 Å². The summed E-state index contributed by atoms with van der Waals surface area (Å²) in [6, 6.07) is 9.95. The van der Waals surface area contributed by atoms with E-state index < -0.39 is 17.9 Å². The average molecular weight is 297 g/mol. The molecule has 0 saturated carbocycles. The molecule has 0 radical (unpaired) electrons. The summed E-state index contributed by atoms with van der Waals surface area (Å²) in [6.45, 7) is 0. The van der Waals surface area contributed by atoms with Gasteiger partial charge in [0, 0.05) is 18.0 Å². The zero-order valence-electron chi connectivity index (χ0n) is 12.1. The van der Waals surface area contributed by atoms with Crippen molar-refractivity contribution in [3.63, 3.8) is 0 Å². The van der Waals surface area contributed by atoms with Gasteiger partial charge in [-0.2, -0.15) is 5.26 Å². The van der Waals surface area contributed by atoms with E-state index in [1.165, 1.54) is 7.11 Å². The highest BCUT2D eigenvalue weighted by atomic mass is 16.5. The molecular formula is C16H15N3O3. The molecule has 1 N–H and O–H groups in total. The first-order valence-electron chi connectivity index (χ1n) is 6.76. The van der Waals surface area contributed by atoms with E-state index in [1.807, 2.05) is 18.2 Å². The summed E-state index contributed by atoms with van der Waals surface area (Å²) in [5, 5.41) is 12.0. The quantitative estimate of drug-likeness (QED) is 0.850. The van der Waals surface area contributed by atoms with Crippen molar-refractivity contribution in [1.82, 2.24) is 10.3 Å². The lowest BCUT2D eigenvalue weighted by atomic mass is 10.1. The van der Waals surface area contributed by atoms with Crippen LogP contribution in [0.25, 0.3) is 10.9 Å². The molecule has 22 heavy (non-hydrogen) atoms. The molecule has 2 rings (SSSR count). The number of hydrogen-bond donors (Lipinski definition) is 1. The Labute approximate surface area is 127 Å². The Morgan fingerprint density at radius 1 is 1.36 bits per heavy atom. The van der Waals surface area contributed by atoms with Crippen LogP contribution in [0.2, 0.25) is 0 Å². The lowest BCUT2D eigenvalue weighted by molar-refractivity contribution is -0.143. The number of methoxy groups -OCH3 is 1. The van der Waals surface area contributed by atoms with E-state index in [-0.39, 0.29) is 12.8 Å². The number of hydrogen-bond acceptors (Lipinski definition) is 5. The number of nitrogens with one attached hydrogen (secondary N) is 1. The molecule has 6 heteroatoms. The van der Waals surface area contributed by atoms with Gasteiger partial charge in [0.05, 0.1) is 24.3 Å². The van der Waals surface area contributed by atoms with Crippen LogP contribution < -0.4 is 5.32 Å². The first kappa shape index (κ1) is 15.4. The largest absolute Gasteiger partial charge is 0.467 e. The lowest BCUT2D eigenvalue weighted by Crippen LogP contribution is -2.41. The molecule has 1 amide bonds. The number of carbonyl (C=O) groups excluding carboxylic acids is 2. The van der Waals surface area contributed by atoms with Crippen LogP contribution in [0.3, 0.4) is 0 Å². The highest BCUT2D eigenvalue weighted by Gasteiger charge is 2.22. The third-order valence-corrected chi connectivity index (χ3v) is 3.23. The minimum atomic E-state index is -0.843. The number of esters is 1. The summed E-state index contributed by atoms with van der Waals surface area (Å²) in [6.07, 6.45) is 1.90. The van der Waals surface area contributed by atoms with Crippen molar-refractivity contribution in [3.8, 4) is 6.07 Å². The smallest absolute Gasteiger partial charge is 0.328 e. The molecule has 0 spiro atoms. The van der Waals surface area contributed by atoms with Gasteiger partial charge in [0.2, 0.25) is 0 Å². The Morgan fingerprint density at radius 2 is 2.14 bits per heavy atom. The van der Waals surface area contributed by atoms with Crippen LogP contribution in [-0.4, -0.2) is 30.0 Å². The van der Waals surface area contributed by atoms with Gasteiger partial charge in [-0.3, -0.25) is 9.78 Å². The SMILES string of the molecule is COC(=O)[C@H](CCC#N)NC(=O)c1ccnc2ccccc12. The maximum absolute atomic E-state index is 12.4. The Kier molecular flexibility index (Phi) is 5.04. The molecule has 1 atom stereocenters. The number of aromatic nitrogens is 1. The van der Waals surface area contributed by atoms with Crippen molar-refractivity contribution in [3.05, 3.63) is 42.1 Å². The van der Waals surface area contributed by atoms with Gasteiger partial charge < -0.3 is 10.1 Å². The highest BCUT2D eigenvalue weighted by Crippen LogP contribution is 2.16. The molecule has 0 unspecified atom stereocenters. The number of pyridine rings is 1. The van der Waals surface area contributed by atoms with E-state index in [0.717, 1.165) is 0 Å². The number of benzene rings is 1. The number of fused-ring (bicyclic) bond motifs is 1. The highest BCUT2D eigenvalue weighted by molar-refractivity contribution is 6.07. The normalized spacial score (nSPS) is 11.5. The molecule has 1 aromatic carbocycles. The van der Waals surface area contributed by atoms with Crippen molar-refractivity contribution in [2.24, 2.45) is 0 Å². The van der Waals surface area contributed by atoms with E-state index in [2.05, 4.69) is 15.0 Å². The number of amides is 1. The zero-order valence-corrected chi connectivity index (χ0v) is 12.1. The molecule has 1 heterocycles. The Morgan fingerprint density at radius 3 is 2.86 bits per heavy atom. The summed E-state index contributed by atoms with van der Waals surface area (Å²) in [7, 11) is 1.25. The number of ether oxygens (including phenoxy) is 1. The van der Waals surface area contributed by atoms with Crippen molar-refractivity contribution in [1.29, 1.82) is 5.26 Å². The van der Waals surface area contributed by atoms with E-state index in [4.69, 9.17) is 5.26 Å². The third-order valence-electron chi connectivity index (χ3n) is 3.23.